The number of allylic oxidation sites excluding steroid dienone is 2. The van der Waals surface area contributed by atoms with Crippen LogP contribution in [0.4, 0.5) is 4.79 Å². The van der Waals surface area contributed by atoms with E-state index in [2.05, 4.69) is 32.2 Å². The molecule has 0 spiro atoms. The number of amides is 1. The van der Waals surface area contributed by atoms with Crippen LogP contribution in [0.15, 0.2) is 29.8 Å². The number of para-hydroxylation sites is 1. The second kappa shape index (κ2) is 9.74. The van der Waals surface area contributed by atoms with E-state index in [0.29, 0.717) is 18.7 Å². The molecule has 1 aromatic rings. The number of nitrogens with one attached hydrogen (secondary N) is 1. The van der Waals surface area contributed by atoms with Crippen LogP contribution in [0, 0.1) is 5.92 Å². The average Bonchev–Trinajstić information content (AvgIpc) is 2.67. The molecule has 32 heavy (non-hydrogen) atoms. The predicted octanol–water partition coefficient (Wildman–Crippen LogP) is 6.04. The normalized spacial score (nSPS) is 26.9. The first kappa shape index (κ1) is 24.4. The molecule has 0 radical (unpaired) electrons. The zero-order valence-corrected chi connectivity index (χ0v) is 20.4. The lowest BCUT2D eigenvalue weighted by Crippen LogP contribution is -2.50. The van der Waals surface area contributed by atoms with Crippen molar-refractivity contribution in [3.8, 4) is 11.5 Å². The Morgan fingerprint density at radius 3 is 2.75 bits per heavy atom. The molecule has 1 aromatic carbocycles. The first-order valence-electron chi connectivity index (χ1n) is 11.7. The topological polar surface area (TPSA) is 77.0 Å². The maximum Gasteiger partial charge on any atom is 0.407 e. The Balaban J connectivity index is 1.70. The van der Waals surface area contributed by atoms with Crippen molar-refractivity contribution < 1.29 is 24.1 Å². The average molecular weight is 446 g/mol. The first-order valence-corrected chi connectivity index (χ1v) is 11.7. The molecule has 0 aromatic heterocycles. The molecule has 1 fully saturated rings. The van der Waals surface area contributed by atoms with Gasteiger partial charge in [-0.1, -0.05) is 23.8 Å². The minimum Gasteiger partial charge on any atom is -0.504 e. The molecule has 0 unspecified atom stereocenters. The zero-order valence-electron chi connectivity index (χ0n) is 20.4. The highest BCUT2D eigenvalue weighted by Gasteiger charge is 2.50. The van der Waals surface area contributed by atoms with Gasteiger partial charge in [-0.25, -0.2) is 4.79 Å². The largest absolute Gasteiger partial charge is 0.504 e. The van der Waals surface area contributed by atoms with Crippen LogP contribution in [0.2, 0.25) is 0 Å². The fraction of sp³-hybridized carbons (Fsp3) is 0.654. The third-order valence-electron chi connectivity index (χ3n) is 6.28. The molecular formula is C26H39NO5. The van der Waals surface area contributed by atoms with Crippen molar-refractivity contribution in [1.82, 2.24) is 5.32 Å². The number of fused-ring (bicyclic) bond motifs is 3. The van der Waals surface area contributed by atoms with Gasteiger partial charge in [0.2, 0.25) is 0 Å². The third kappa shape index (κ3) is 5.97. The van der Waals surface area contributed by atoms with Gasteiger partial charge >= 0.3 is 6.09 Å². The maximum absolute atomic E-state index is 11.9. The maximum atomic E-state index is 11.9. The van der Waals surface area contributed by atoms with Gasteiger partial charge in [0.1, 0.15) is 11.2 Å². The molecule has 4 atom stereocenters. The summed E-state index contributed by atoms with van der Waals surface area (Å²) in [6.07, 6.45) is 6.11. The van der Waals surface area contributed by atoms with Crippen molar-refractivity contribution in [3.05, 3.63) is 35.4 Å². The van der Waals surface area contributed by atoms with E-state index in [-0.39, 0.29) is 23.9 Å². The molecule has 0 bridgehead atoms. The molecule has 1 saturated heterocycles. The molecule has 2 N–H and O–H groups in total. The van der Waals surface area contributed by atoms with Gasteiger partial charge in [0.05, 0.1) is 12.2 Å². The van der Waals surface area contributed by atoms with Crippen LogP contribution in [-0.4, -0.2) is 35.1 Å². The van der Waals surface area contributed by atoms with Crippen LogP contribution in [0.25, 0.3) is 0 Å². The van der Waals surface area contributed by atoms with Crippen LogP contribution in [0.1, 0.15) is 85.3 Å². The number of carbonyl (C=O) groups excluding carboxylic acids is 1. The van der Waals surface area contributed by atoms with Gasteiger partial charge in [-0.15, -0.1) is 0 Å². The van der Waals surface area contributed by atoms with Crippen LogP contribution >= 0.6 is 0 Å². The van der Waals surface area contributed by atoms with E-state index in [0.717, 1.165) is 31.2 Å². The summed E-state index contributed by atoms with van der Waals surface area (Å²) in [6, 6.07) is 5.50. The van der Waals surface area contributed by atoms with Gasteiger partial charge < -0.3 is 24.6 Å². The van der Waals surface area contributed by atoms with Crippen molar-refractivity contribution in [3.63, 3.8) is 0 Å². The van der Waals surface area contributed by atoms with E-state index in [4.69, 9.17) is 14.2 Å². The van der Waals surface area contributed by atoms with E-state index in [1.165, 1.54) is 5.57 Å². The van der Waals surface area contributed by atoms with Crippen LogP contribution in [-0.2, 0) is 9.47 Å². The summed E-state index contributed by atoms with van der Waals surface area (Å²) in [5.41, 5.74) is 1.28. The summed E-state index contributed by atoms with van der Waals surface area (Å²) < 4.78 is 18.4. The summed E-state index contributed by atoms with van der Waals surface area (Å²) in [4.78, 5) is 11.9. The number of phenols is 1. The highest BCUT2D eigenvalue weighted by Crippen LogP contribution is 2.54. The Kier molecular flexibility index (Phi) is 7.43. The smallest absolute Gasteiger partial charge is 0.407 e. The monoisotopic (exact) mass is 445 g/mol. The summed E-state index contributed by atoms with van der Waals surface area (Å²) in [5, 5.41) is 13.3. The zero-order chi connectivity index (χ0) is 23.5. The minimum atomic E-state index is -0.511. The van der Waals surface area contributed by atoms with Crippen molar-refractivity contribution in [1.29, 1.82) is 0 Å². The van der Waals surface area contributed by atoms with Crippen LogP contribution in [0.3, 0.4) is 0 Å². The molecule has 6 heteroatoms. The Hall–Kier alpha value is -2.21. The standard InChI is InChI=1S/C26H39NO5/c1-17(2)9-8-15-26(6)20-13-12-18(14-16-27-24(29)32-25(3,4)5)30-22(20)19-10-7-11-21(28)23(19)31-26/h7,9-11,18,20,22,28H,8,12-16H2,1-6H3,(H,27,29)/t18-,20+,22-,26-/m0/s1. The van der Waals surface area contributed by atoms with Gasteiger partial charge in [0.15, 0.2) is 11.5 Å². The third-order valence-corrected chi connectivity index (χ3v) is 6.28. The minimum absolute atomic E-state index is 0.0292. The Bertz CT molecular complexity index is 839. The second-order valence-corrected chi connectivity index (χ2v) is 10.5. The predicted molar refractivity (Wildman–Crippen MR) is 125 cm³/mol. The van der Waals surface area contributed by atoms with Gasteiger partial charge in [0, 0.05) is 18.0 Å². The molecule has 3 rings (SSSR count). The number of carbonyl (C=O) groups is 1. The second-order valence-electron chi connectivity index (χ2n) is 10.5. The van der Waals surface area contributed by atoms with Crippen LogP contribution < -0.4 is 10.1 Å². The SMILES string of the molecule is CC(C)=CCC[C@]1(C)Oc2c(O)cccc2[C@@H]2O[C@H](CCNC(=O)OC(C)(C)C)CC[C@H]21. The fourth-order valence-electron chi connectivity index (χ4n) is 4.73. The summed E-state index contributed by atoms with van der Waals surface area (Å²) in [7, 11) is 0. The van der Waals surface area contributed by atoms with Crippen molar-refractivity contribution in [2.75, 3.05) is 6.54 Å². The molecule has 0 saturated carbocycles. The van der Waals surface area contributed by atoms with Crippen molar-refractivity contribution >= 4 is 6.09 Å². The highest BCUT2D eigenvalue weighted by atomic mass is 16.6. The summed E-state index contributed by atoms with van der Waals surface area (Å²) in [5.74, 6) is 0.908. The van der Waals surface area contributed by atoms with E-state index in [9.17, 15) is 9.90 Å². The number of aromatic hydroxyl groups is 1. The Labute approximate surface area is 192 Å². The lowest BCUT2D eigenvalue weighted by Gasteiger charge is -2.50. The number of benzene rings is 1. The number of phenolic OH excluding ortho intramolecular Hbond substituents is 1. The lowest BCUT2D eigenvalue weighted by atomic mass is 9.72. The van der Waals surface area contributed by atoms with E-state index in [1.54, 1.807) is 6.07 Å². The number of rotatable bonds is 6. The van der Waals surface area contributed by atoms with Gasteiger partial charge in [-0.05, 0) is 79.7 Å². The Morgan fingerprint density at radius 1 is 1.31 bits per heavy atom. The summed E-state index contributed by atoms with van der Waals surface area (Å²) >= 11 is 0. The Morgan fingerprint density at radius 2 is 2.06 bits per heavy atom. The molecule has 2 heterocycles. The number of alkyl carbamates (subject to hydrolysis) is 1. The van der Waals surface area contributed by atoms with E-state index < -0.39 is 17.3 Å². The molecule has 178 valence electrons. The molecule has 2 aliphatic heterocycles. The molecule has 1 amide bonds. The van der Waals surface area contributed by atoms with Crippen molar-refractivity contribution in [2.24, 2.45) is 5.92 Å². The number of hydrogen-bond donors (Lipinski definition) is 2. The molecule has 2 aliphatic rings. The summed E-state index contributed by atoms with van der Waals surface area (Å²) in [6.45, 7) is 12.4. The number of hydrogen-bond acceptors (Lipinski definition) is 5. The molecular weight excluding hydrogens is 406 g/mol. The highest BCUT2D eigenvalue weighted by molar-refractivity contribution is 5.67. The van der Waals surface area contributed by atoms with Crippen LogP contribution in [0.5, 0.6) is 11.5 Å². The van der Waals surface area contributed by atoms with Crippen molar-refractivity contribution in [2.45, 2.75) is 97.1 Å². The first-order chi connectivity index (χ1) is 15.0. The van der Waals surface area contributed by atoms with E-state index in [1.807, 2.05) is 32.9 Å². The van der Waals surface area contributed by atoms with E-state index >= 15 is 0 Å². The fourth-order valence-corrected chi connectivity index (χ4v) is 4.73. The van der Waals surface area contributed by atoms with Gasteiger partial charge in [-0.2, -0.15) is 0 Å². The molecule has 6 nitrogen and oxygen atoms in total. The lowest BCUT2D eigenvalue weighted by molar-refractivity contribution is -0.158. The van der Waals surface area contributed by atoms with Gasteiger partial charge in [0.25, 0.3) is 0 Å². The van der Waals surface area contributed by atoms with Gasteiger partial charge in [-0.3, -0.25) is 0 Å². The quantitative estimate of drug-likeness (QED) is 0.522. The molecule has 0 aliphatic carbocycles. The number of ether oxygens (including phenoxy) is 3.